The van der Waals surface area contributed by atoms with Crippen molar-refractivity contribution in [2.24, 2.45) is 5.92 Å². The Bertz CT molecular complexity index is 259. The molecule has 2 rings (SSSR count). The van der Waals surface area contributed by atoms with Crippen molar-refractivity contribution in [3.05, 3.63) is 0 Å². The fourth-order valence-electron chi connectivity index (χ4n) is 3.63. The highest BCUT2D eigenvalue weighted by atomic mass is 16.5. The highest BCUT2D eigenvalue weighted by molar-refractivity contribution is 4.89. The topological polar surface area (TPSA) is 32.7 Å². The Morgan fingerprint density at radius 3 is 2.44 bits per heavy atom. The molecule has 2 aliphatic rings. The Labute approximate surface area is 112 Å². The molecule has 106 valence electrons. The highest BCUT2D eigenvalue weighted by Crippen LogP contribution is 2.32. The van der Waals surface area contributed by atoms with Crippen LogP contribution in [0.25, 0.3) is 0 Å². The van der Waals surface area contributed by atoms with Gasteiger partial charge in [0, 0.05) is 19.1 Å². The first-order valence-electron chi connectivity index (χ1n) is 7.57. The molecular formula is C15H29NO2. The van der Waals surface area contributed by atoms with Gasteiger partial charge < -0.3 is 9.84 Å². The summed E-state index contributed by atoms with van der Waals surface area (Å²) in [6.07, 6.45) is 6.74. The van der Waals surface area contributed by atoms with Gasteiger partial charge in [0.05, 0.1) is 18.3 Å². The van der Waals surface area contributed by atoms with Crippen LogP contribution in [-0.4, -0.2) is 47.4 Å². The summed E-state index contributed by atoms with van der Waals surface area (Å²) in [6.45, 7) is 8.64. The number of rotatable bonds is 3. The first kappa shape index (κ1) is 14.3. The Kier molecular flexibility index (Phi) is 4.68. The predicted octanol–water partition coefficient (Wildman–Crippen LogP) is 2.43. The van der Waals surface area contributed by atoms with Crippen molar-refractivity contribution in [1.29, 1.82) is 0 Å². The molecule has 2 fully saturated rings. The van der Waals surface area contributed by atoms with Crippen LogP contribution >= 0.6 is 0 Å². The lowest BCUT2D eigenvalue weighted by atomic mass is 9.83. The molecule has 0 aromatic heterocycles. The minimum absolute atomic E-state index is 0.00218. The zero-order valence-electron chi connectivity index (χ0n) is 12.2. The molecule has 0 spiro atoms. The normalized spacial score (nSPS) is 37.7. The van der Waals surface area contributed by atoms with Gasteiger partial charge in [0.25, 0.3) is 0 Å². The maximum Gasteiger partial charge on any atom is 0.0940 e. The van der Waals surface area contributed by atoms with Crippen LogP contribution in [0.15, 0.2) is 0 Å². The second-order valence-corrected chi connectivity index (χ2v) is 6.69. The van der Waals surface area contributed by atoms with E-state index in [0.717, 1.165) is 19.0 Å². The average molecular weight is 255 g/mol. The van der Waals surface area contributed by atoms with Gasteiger partial charge in [-0.05, 0) is 45.4 Å². The molecule has 1 heterocycles. The Hall–Kier alpha value is -0.120. The lowest BCUT2D eigenvalue weighted by molar-refractivity contribution is -0.159. The summed E-state index contributed by atoms with van der Waals surface area (Å²) in [6, 6.07) is 0.713. The van der Waals surface area contributed by atoms with Crippen molar-refractivity contribution in [2.45, 2.75) is 70.6 Å². The van der Waals surface area contributed by atoms with Crippen molar-refractivity contribution in [3.8, 4) is 0 Å². The molecule has 0 aromatic rings. The van der Waals surface area contributed by atoms with Crippen LogP contribution in [-0.2, 0) is 4.74 Å². The summed E-state index contributed by atoms with van der Waals surface area (Å²) < 4.78 is 5.89. The molecule has 3 heteroatoms. The van der Waals surface area contributed by atoms with E-state index in [9.17, 15) is 5.11 Å². The minimum atomic E-state index is -0.118. The average Bonchev–Trinajstić information content (AvgIpc) is 2.37. The van der Waals surface area contributed by atoms with Gasteiger partial charge in [-0.25, -0.2) is 0 Å². The lowest BCUT2D eigenvalue weighted by Gasteiger charge is -2.47. The number of aliphatic hydroxyl groups excluding tert-OH is 1. The molecule has 1 saturated carbocycles. The van der Waals surface area contributed by atoms with Crippen LogP contribution in [0, 0.1) is 5.92 Å². The second-order valence-electron chi connectivity index (χ2n) is 6.69. The maximum absolute atomic E-state index is 9.37. The summed E-state index contributed by atoms with van der Waals surface area (Å²) in [5, 5.41) is 9.37. The number of morpholine rings is 1. The fourth-order valence-corrected chi connectivity index (χ4v) is 3.63. The van der Waals surface area contributed by atoms with Crippen LogP contribution in [0.2, 0.25) is 0 Å². The third-order valence-electron chi connectivity index (χ3n) is 4.62. The van der Waals surface area contributed by atoms with Gasteiger partial charge in [0.2, 0.25) is 0 Å². The number of ether oxygens (including phenoxy) is 1. The molecule has 1 N–H and O–H groups in total. The van der Waals surface area contributed by atoms with E-state index in [-0.39, 0.29) is 18.3 Å². The lowest BCUT2D eigenvalue weighted by Crippen LogP contribution is -2.57. The highest BCUT2D eigenvalue weighted by Gasteiger charge is 2.37. The Morgan fingerprint density at radius 1 is 1.22 bits per heavy atom. The largest absolute Gasteiger partial charge is 0.394 e. The number of nitrogens with zero attached hydrogens (tertiary/aromatic N) is 1. The van der Waals surface area contributed by atoms with Gasteiger partial charge in [-0.1, -0.05) is 13.3 Å². The van der Waals surface area contributed by atoms with Crippen LogP contribution in [0.4, 0.5) is 0 Å². The second kappa shape index (κ2) is 5.89. The fraction of sp³-hybridized carbons (Fsp3) is 1.00. The van der Waals surface area contributed by atoms with Crippen molar-refractivity contribution >= 4 is 0 Å². The summed E-state index contributed by atoms with van der Waals surface area (Å²) in [5.74, 6) is 0.948. The zero-order valence-corrected chi connectivity index (χ0v) is 12.2. The van der Waals surface area contributed by atoms with E-state index in [1.807, 2.05) is 0 Å². The number of hydrogen-bond donors (Lipinski definition) is 1. The van der Waals surface area contributed by atoms with Gasteiger partial charge in [0.1, 0.15) is 0 Å². The number of hydrogen-bond acceptors (Lipinski definition) is 3. The zero-order chi connectivity index (χ0) is 13.2. The molecule has 0 bridgehead atoms. The van der Waals surface area contributed by atoms with E-state index in [1.165, 1.54) is 32.1 Å². The SMILES string of the molecule is CCC1CCC(N2CC(CO)OC(C)(C)C2)CC1. The van der Waals surface area contributed by atoms with Gasteiger partial charge in [-0.15, -0.1) is 0 Å². The molecule has 1 saturated heterocycles. The van der Waals surface area contributed by atoms with Crippen molar-refractivity contribution in [2.75, 3.05) is 19.7 Å². The van der Waals surface area contributed by atoms with E-state index in [4.69, 9.17) is 4.74 Å². The van der Waals surface area contributed by atoms with Crippen LogP contribution in [0.3, 0.4) is 0 Å². The Morgan fingerprint density at radius 2 is 1.89 bits per heavy atom. The minimum Gasteiger partial charge on any atom is -0.394 e. The summed E-state index contributed by atoms with van der Waals surface area (Å²) >= 11 is 0. The van der Waals surface area contributed by atoms with Crippen LogP contribution in [0.5, 0.6) is 0 Å². The van der Waals surface area contributed by atoms with Gasteiger partial charge in [-0.3, -0.25) is 4.90 Å². The summed E-state index contributed by atoms with van der Waals surface area (Å²) in [5.41, 5.74) is -0.118. The van der Waals surface area contributed by atoms with E-state index >= 15 is 0 Å². The quantitative estimate of drug-likeness (QED) is 0.840. The van der Waals surface area contributed by atoms with Crippen LogP contribution < -0.4 is 0 Å². The molecule has 1 unspecified atom stereocenters. The van der Waals surface area contributed by atoms with E-state index in [2.05, 4.69) is 25.7 Å². The standard InChI is InChI=1S/C15H29NO2/c1-4-12-5-7-13(8-6-12)16-9-14(10-17)18-15(2,3)11-16/h12-14,17H,4-11H2,1-3H3. The van der Waals surface area contributed by atoms with Crippen molar-refractivity contribution in [3.63, 3.8) is 0 Å². The monoisotopic (exact) mass is 255 g/mol. The van der Waals surface area contributed by atoms with E-state index in [0.29, 0.717) is 6.04 Å². The van der Waals surface area contributed by atoms with Crippen LogP contribution in [0.1, 0.15) is 52.9 Å². The predicted molar refractivity (Wildman–Crippen MR) is 73.6 cm³/mol. The maximum atomic E-state index is 9.37. The molecule has 18 heavy (non-hydrogen) atoms. The molecule has 1 aliphatic carbocycles. The summed E-state index contributed by atoms with van der Waals surface area (Å²) in [7, 11) is 0. The molecular weight excluding hydrogens is 226 g/mol. The molecule has 1 aliphatic heterocycles. The van der Waals surface area contributed by atoms with Gasteiger partial charge in [-0.2, -0.15) is 0 Å². The molecule has 1 atom stereocenters. The van der Waals surface area contributed by atoms with Crippen molar-refractivity contribution < 1.29 is 9.84 Å². The third kappa shape index (κ3) is 3.46. The first-order chi connectivity index (χ1) is 8.54. The molecule has 0 amide bonds. The third-order valence-corrected chi connectivity index (χ3v) is 4.62. The number of aliphatic hydroxyl groups is 1. The Balaban J connectivity index is 1.92. The van der Waals surface area contributed by atoms with Crippen molar-refractivity contribution in [1.82, 2.24) is 4.90 Å². The molecule has 0 aromatic carbocycles. The van der Waals surface area contributed by atoms with Gasteiger partial charge in [0.15, 0.2) is 0 Å². The molecule has 3 nitrogen and oxygen atoms in total. The van der Waals surface area contributed by atoms with Gasteiger partial charge >= 0.3 is 0 Å². The molecule has 0 radical (unpaired) electrons. The van der Waals surface area contributed by atoms with E-state index in [1.54, 1.807) is 0 Å². The van der Waals surface area contributed by atoms with E-state index < -0.39 is 0 Å². The smallest absolute Gasteiger partial charge is 0.0940 e. The first-order valence-corrected chi connectivity index (χ1v) is 7.57. The summed E-state index contributed by atoms with van der Waals surface area (Å²) in [4.78, 5) is 2.57.